The first-order valence-electron chi connectivity index (χ1n) is 8.22. The van der Waals surface area contributed by atoms with E-state index in [9.17, 15) is 4.79 Å². The van der Waals surface area contributed by atoms with Crippen LogP contribution in [0.4, 0.5) is 10.5 Å². The zero-order chi connectivity index (χ0) is 16.5. The number of nitrogens with one attached hydrogen (secondary N) is 1. The van der Waals surface area contributed by atoms with Crippen molar-refractivity contribution in [2.24, 2.45) is 5.92 Å². The van der Waals surface area contributed by atoms with Gasteiger partial charge < -0.3 is 15.0 Å². The van der Waals surface area contributed by atoms with Crippen molar-refractivity contribution in [1.82, 2.24) is 24.6 Å². The van der Waals surface area contributed by atoms with Gasteiger partial charge in [0.2, 0.25) is 5.95 Å². The van der Waals surface area contributed by atoms with E-state index in [2.05, 4.69) is 20.4 Å². The number of nitrogens with zero attached hydrogens (tertiary/aromatic N) is 5. The highest BCUT2D eigenvalue weighted by atomic mass is 16.5. The van der Waals surface area contributed by atoms with Gasteiger partial charge in [0.1, 0.15) is 0 Å². The summed E-state index contributed by atoms with van der Waals surface area (Å²) in [5.74, 6) is 1.08. The molecule has 1 saturated carbocycles. The maximum atomic E-state index is 12.5. The molecule has 0 spiro atoms. The molecule has 2 fully saturated rings. The van der Waals surface area contributed by atoms with Crippen LogP contribution in [0.15, 0.2) is 30.9 Å². The van der Waals surface area contributed by atoms with Crippen LogP contribution in [0.2, 0.25) is 0 Å². The number of hydrogen-bond donors (Lipinski definition) is 1. The van der Waals surface area contributed by atoms with Gasteiger partial charge in [-0.05, 0) is 31.7 Å². The van der Waals surface area contributed by atoms with Crippen LogP contribution in [0.5, 0.6) is 0 Å². The lowest BCUT2D eigenvalue weighted by molar-refractivity contribution is -0.0717. The van der Waals surface area contributed by atoms with E-state index in [1.165, 1.54) is 17.5 Å². The number of urea groups is 1. The number of aromatic nitrogens is 4. The van der Waals surface area contributed by atoms with Crippen molar-refractivity contribution < 1.29 is 9.53 Å². The average molecular weight is 328 g/mol. The maximum Gasteiger partial charge on any atom is 0.322 e. The molecule has 0 unspecified atom stereocenters. The molecule has 2 atom stereocenters. The maximum absolute atomic E-state index is 12.5. The van der Waals surface area contributed by atoms with Crippen molar-refractivity contribution in [2.75, 3.05) is 18.4 Å². The van der Waals surface area contributed by atoms with Gasteiger partial charge in [0, 0.05) is 25.5 Å². The van der Waals surface area contributed by atoms with Gasteiger partial charge in [0.25, 0.3) is 0 Å². The smallest absolute Gasteiger partial charge is 0.322 e. The predicted octanol–water partition coefficient (Wildman–Crippen LogP) is 1.69. The second kappa shape index (κ2) is 6.20. The Labute approximate surface area is 139 Å². The summed E-state index contributed by atoms with van der Waals surface area (Å²) in [5, 5.41) is 7.08. The minimum Gasteiger partial charge on any atom is -0.371 e. The molecule has 1 N–H and O–H groups in total. The van der Waals surface area contributed by atoms with Crippen molar-refractivity contribution in [1.29, 1.82) is 0 Å². The number of morpholine rings is 1. The van der Waals surface area contributed by atoms with Crippen molar-refractivity contribution in [2.45, 2.75) is 32.0 Å². The monoisotopic (exact) mass is 328 g/mol. The van der Waals surface area contributed by atoms with Gasteiger partial charge in [0.05, 0.1) is 30.3 Å². The zero-order valence-electron chi connectivity index (χ0n) is 13.5. The highest BCUT2D eigenvalue weighted by Gasteiger charge is 2.38. The lowest BCUT2D eigenvalue weighted by Crippen LogP contribution is -2.51. The number of rotatable bonds is 3. The first-order valence-corrected chi connectivity index (χ1v) is 8.22. The van der Waals surface area contributed by atoms with Crippen molar-refractivity contribution in [3.05, 3.63) is 30.9 Å². The summed E-state index contributed by atoms with van der Waals surface area (Å²) in [4.78, 5) is 22.6. The Morgan fingerprint density at radius 1 is 1.29 bits per heavy atom. The van der Waals surface area contributed by atoms with Gasteiger partial charge in [-0.3, -0.25) is 0 Å². The van der Waals surface area contributed by atoms with Gasteiger partial charge in [0.15, 0.2) is 0 Å². The second-order valence-electron chi connectivity index (χ2n) is 6.38. The van der Waals surface area contributed by atoms with Crippen molar-refractivity contribution >= 4 is 11.7 Å². The summed E-state index contributed by atoms with van der Waals surface area (Å²) < 4.78 is 7.48. The predicted molar refractivity (Wildman–Crippen MR) is 86.8 cm³/mol. The lowest BCUT2D eigenvalue weighted by Gasteiger charge is -2.36. The molecule has 4 rings (SSSR count). The molecule has 8 nitrogen and oxygen atoms in total. The molecule has 2 aromatic rings. The van der Waals surface area contributed by atoms with Crippen LogP contribution in [0.25, 0.3) is 5.95 Å². The molecule has 3 heterocycles. The number of hydrogen-bond acceptors (Lipinski definition) is 5. The van der Waals surface area contributed by atoms with Crippen LogP contribution in [-0.4, -0.2) is 56.0 Å². The third-order valence-electron chi connectivity index (χ3n) is 4.31. The Morgan fingerprint density at radius 3 is 2.83 bits per heavy atom. The molecule has 0 aromatic carbocycles. The fourth-order valence-electron chi connectivity index (χ4n) is 2.99. The Hall–Kier alpha value is -2.48. The highest BCUT2D eigenvalue weighted by Crippen LogP contribution is 2.36. The fourth-order valence-corrected chi connectivity index (χ4v) is 2.99. The van der Waals surface area contributed by atoms with Crippen molar-refractivity contribution in [3.8, 4) is 5.95 Å². The summed E-state index contributed by atoms with van der Waals surface area (Å²) in [6.07, 6.45) is 9.24. The normalized spacial score (nSPS) is 24.0. The Balaban J connectivity index is 1.41. The molecule has 8 heteroatoms. The molecular weight excluding hydrogens is 308 g/mol. The molecule has 1 saturated heterocycles. The summed E-state index contributed by atoms with van der Waals surface area (Å²) >= 11 is 0. The summed E-state index contributed by atoms with van der Waals surface area (Å²) in [5.41, 5.74) is 0.620. The molecular formula is C16H20N6O2. The first kappa shape index (κ1) is 15.1. The molecule has 2 amide bonds. The second-order valence-corrected chi connectivity index (χ2v) is 6.38. The number of anilines is 1. The van der Waals surface area contributed by atoms with Crippen LogP contribution < -0.4 is 5.32 Å². The van der Waals surface area contributed by atoms with E-state index in [-0.39, 0.29) is 18.2 Å². The minimum atomic E-state index is -0.121. The third-order valence-corrected chi connectivity index (χ3v) is 4.31. The SMILES string of the molecule is C[C@@H]1CN(C(=O)Nc2cnn(-c3ncccn3)c2)C[C@@H](C2CC2)O1. The van der Waals surface area contributed by atoms with Gasteiger partial charge in [-0.2, -0.15) is 5.10 Å². The van der Waals surface area contributed by atoms with Crippen LogP contribution in [0.3, 0.4) is 0 Å². The Kier molecular flexibility index (Phi) is 3.89. The van der Waals surface area contributed by atoms with Gasteiger partial charge in [-0.25, -0.2) is 19.4 Å². The van der Waals surface area contributed by atoms with Crippen molar-refractivity contribution in [3.63, 3.8) is 0 Å². The van der Waals surface area contributed by atoms with Gasteiger partial charge in [-0.1, -0.05) is 0 Å². The van der Waals surface area contributed by atoms with E-state index < -0.39 is 0 Å². The average Bonchev–Trinajstić information content (AvgIpc) is 3.35. The largest absolute Gasteiger partial charge is 0.371 e. The van der Waals surface area contributed by atoms with Crippen LogP contribution in [0.1, 0.15) is 19.8 Å². The van der Waals surface area contributed by atoms with E-state index >= 15 is 0 Å². The third kappa shape index (κ3) is 3.23. The molecule has 0 radical (unpaired) electrons. The summed E-state index contributed by atoms with van der Waals surface area (Å²) in [7, 11) is 0. The molecule has 1 aliphatic heterocycles. The number of carbonyl (C=O) groups excluding carboxylic acids is 1. The lowest BCUT2D eigenvalue weighted by atomic mass is 10.1. The molecule has 1 aliphatic carbocycles. The molecule has 24 heavy (non-hydrogen) atoms. The van der Waals surface area contributed by atoms with E-state index in [1.54, 1.807) is 30.9 Å². The number of carbonyl (C=O) groups is 1. The highest BCUT2D eigenvalue weighted by molar-refractivity contribution is 5.89. The topological polar surface area (TPSA) is 85.2 Å². The standard InChI is InChI=1S/C16H20N6O2/c1-11-8-21(10-14(24-11)12-3-4-12)16(23)20-13-7-19-22(9-13)15-17-5-2-6-18-15/h2,5-7,9,11-12,14H,3-4,8,10H2,1H3,(H,20,23)/t11-,14+/m1/s1. The molecule has 2 aliphatic rings. The molecule has 0 bridgehead atoms. The Morgan fingerprint density at radius 2 is 2.08 bits per heavy atom. The van der Waals surface area contributed by atoms with E-state index in [0.717, 1.165) is 0 Å². The fraction of sp³-hybridized carbons (Fsp3) is 0.500. The number of ether oxygens (including phenoxy) is 1. The minimum absolute atomic E-state index is 0.0653. The summed E-state index contributed by atoms with van der Waals surface area (Å²) in [6, 6.07) is 1.62. The first-order chi connectivity index (χ1) is 11.7. The Bertz CT molecular complexity index is 714. The number of amides is 2. The van der Waals surface area contributed by atoms with Crippen LogP contribution >= 0.6 is 0 Å². The van der Waals surface area contributed by atoms with Gasteiger partial charge in [-0.15, -0.1) is 0 Å². The van der Waals surface area contributed by atoms with E-state index in [4.69, 9.17) is 4.74 Å². The van der Waals surface area contributed by atoms with Crippen LogP contribution in [-0.2, 0) is 4.74 Å². The quantitative estimate of drug-likeness (QED) is 0.927. The zero-order valence-corrected chi connectivity index (χ0v) is 13.5. The summed E-state index contributed by atoms with van der Waals surface area (Å²) in [6.45, 7) is 3.27. The van der Waals surface area contributed by atoms with E-state index in [0.29, 0.717) is 30.6 Å². The van der Waals surface area contributed by atoms with Gasteiger partial charge >= 0.3 is 6.03 Å². The molecule has 126 valence electrons. The van der Waals surface area contributed by atoms with E-state index in [1.807, 2.05) is 11.8 Å². The van der Waals surface area contributed by atoms with Crippen LogP contribution in [0, 0.1) is 5.92 Å². The molecule has 2 aromatic heterocycles.